The Bertz CT molecular complexity index is 892. The first-order chi connectivity index (χ1) is 12.8. The second-order valence-electron chi connectivity index (χ2n) is 6.16. The van der Waals surface area contributed by atoms with E-state index in [1.54, 1.807) is 12.1 Å². The van der Waals surface area contributed by atoms with Gasteiger partial charge in [-0.15, -0.1) is 0 Å². The van der Waals surface area contributed by atoms with E-state index >= 15 is 0 Å². The van der Waals surface area contributed by atoms with Crippen molar-refractivity contribution in [3.63, 3.8) is 0 Å². The molecule has 5 nitrogen and oxygen atoms in total. The molecular weight excluding hydrogens is 384 g/mol. The van der Waals surface area contributed by atoms with Crippen LogP contribution >= 0.6 is 11.6 Å². The average molecular weight is 407 g/mol. The van der Waals surface area contributed by atoms with Crippen LogP contribution in [0.2, 0.25) is 5.02 Å². The van der Waals surface area contributed by atoms with Crippen LogP contribution in [0.25, 0.3) is 6.08 Å². The number of nitrogens with one attached hydrogen (secondary N) is 2. The number of amides is 1. The molecule has 1 amide bonds. The van der Waals surface area contributed by atoms with Gasteiger partial charge in [0.05, 0.1) is 12.6 Å². The molecular formula is C20H23ClN2O3S. The van der Waals surface area contributed by atoms with Gasteiger partial charge < -0.3 is 5.32 Å². The lowest BCUT2D eigenvalue weighted by Gasteiger charge is -2.17. The second-order valence-corrected chi connectivity index (χ2v) is 8.25. The zero-order chi connectivity index (χ0) is 19.9. The Morgan fingerprint density at radius 3 is 2.33 bits per heavy atom. The number of halogens is 1. The summed E-state index contributed by atoms with van der Waals surface area (Å²) in [7, 11) is -3.71. The predicted molar refractivity (Wildman–Crippen MR) is 110 cm³/mol. The summed E-state index contributed by atoms with van der Waals surface area (Å²) in [6.07, 6.45) is 2.16. The number of hydrogen-bond acceptors (Lipinski definition) is 3. The van der Waals surface area contributed by atoms with E-state index < -0.39 is 15.9 Å². The zero-order valence-corrected chi connectivity index (χ0v) is 16.8. The topological polar surface area (TPSA) is 75.3 Å². The number of rotatable bonds is 8. The molecule has 0 aliphatic carbocycles. The highest BCUT2D eigenvalue weighted by atomic mass is 35.5. The average Bonchev–Trinajstić information content (AvgIpc) is 2.65. The molecule has 0 aliphatic heterocycles. The van der Waals surface area contributed by atoms with Gasteiger partial charge in [0.1, 0.15) is 0 Å². The summed E-state index contributed by atoms with van der Waals surface area (Å²) >= 11 is 5.88. The Morgan fingerprint density at radius 1 is 1.11 bits per heavy atom. The molecule has 1 unspecified atom stereocenters. The predicted octanol–water partition coefficient (Wildman–Crippen LogP) is 3.81. The molecule has 0 saturated carbocycles. The van der Waals surface area contributed by atoms with Gasteiger partial charge in [-0.05, 0) is 42.7 Å². The fraction of sp³-hybridized carbons (Fsp3) is 0.250. The number of sulfonamides is 1. The standard InChI is InChI=1S/C20H23ClN2O3S/c1-3-19(17-8-10-18(21)11-9-17)23-20(24)14-22-27(25,26)13-12-16-6-4-15(2)5-7-16/h4-13,19,22H,3,14H2,1-2H3,(H,23,24)/b13-12+. The molecule has 0 bridgehead atoms. The molecule has 2 aromatic carbocycles. The number of carbonyl (C=O) groups excluding carboxylic acids is 1. The molecule has 0 spiro atoms. The third kappa shape index (κ3) is 7.17. The molecule has 0 fully saturated rings. The summed E-state index contributed by atoms with van der Waals surface area (Å²) in [6, 6.07) is 14.4. The molecule has 27 heavy (non-hydrogen) atoms. The summed E-state index contributed by atoms with van der Waals surface area (Å²) in [5.41, 5.74) is 2.78. The largest absolute Gasteiger partial charge is 0.348 e. The minimum atomic E-state index is -3.71. The third-order valence-corrected chi connectivity index (χ3v) is 5.26. The van der Waals surface area contributed by atoms with Gasteiger partial charge >= 0.3 is 0 Å². The van der Waals surface area contributed by atoms with Gasteiger partial charge in [-0.1, -0.05) is 60.5 Å². The molecule has 1 atom stereocenters. The van der Waals surface area contributed by atoms with Crippen LogP contribution in [-0.4, -0.2) is 20.9 Å². The van der Waals surface area contributed by atoms with Crippen LogP contribution in [-0.2, 0) is 14.8 Å². The Hall–Kier alpha value is -2.15. The SMILES string of the molecule is CCC(NC(=O)CNS(=O)(=O)/C=C/c1ccc(C)cc1)c1ccc(Cl)cc1. The fourth-order valence-electron chi connectivity index (χ4n) is 2.42. The van der Waals surface area contributed by atoms with Crippen LogP contribution in [0.5, 0.6) is 0 Å². The number of carbonyl (C=O) groups is 1. The Balaban J connectivity index is 1.90. The van der Waals surface area contributed by atoms with Crippen molar-refractivity contribution in [2.75, 3.05) is 6.54 Å². The highest BCUT2D eigenvalue weighted by Gasteiger charge is 2.14. The smallest absolute Gasteiger partial charge is 0.235 e. The van der Waals surface area contributed by atoms with E-state index in [1.165, 1.54) is 6.08 Å². The lowest BCUT2D eigenvalue weighted by molar-refractivity contribution is -0.120. The summed E-state index contributed by atoms with van der Waals surface area (Å²) in [5.74, 6) is -0.399. The highest BCUT2D eigenvalue weighted by molar-refractivity contribution is 7.92. The van der Waals surface area contributed by atoms with Crippen molar-refractivity contribution in [1.82, 2.24) is 10.0 Å². The van der Waals surface area contributed by atoms with Crippen molar-refractivity contribution in [2.45, 2.75) is 26.3 Å². The number of benzene rings is 2. The van der Waals surface area contributed by atoms with E-state index in [-0.39, 0.29) is 12.6 Å². The lowest BCUT2D eigenvalue weighted by Crippen LogP contribution is -2.37. The highest BCUT2D eigenvalue weighted by Crippen LogP contribution is 2.19. The Kier molecular flexibility index (Phi) is 7.59. The summed E-state index contributed by atoms with van der Waals surface area (Å²) < 4.78 is 26.4. The van der Waals surface area contributed by atoms with E-state index in [1.807, 2.05) is 50.2 Å². The first kappa shape index (κ1) is 21.2. The molecule has 2 aromatic rings. The maximum absolute atomic E-state index is 12.1. The molecule has 2 N–H and O–H groups in total. The Morgan fingerprint density at radius 2 is 1.74 bits per heavy atom. The lowest BCUT2D eigenvalue weighted by atomic mass is 10.0. The van der Waals surface area contributed by atoms with Crippen molar-refractivity contribution in [2.24, 2.45) is 0 Å². The van der Waals surface area contributed by atoms with Crippen molar-refractivity contribution < 1.29 is 13.2 Å². The number of aryl methyl sites for hydroxylation is 1. The van der Waals surface area contributed by atoms with Crippen LogP contribution in [0.4, 0.5) is 0 Å². The Labute approximate surface area is 165 Å². The summed E-state index contributed by atoms with van der Waals surface area (Å²) in [6.45, 7) is 3.57. The quantitative estimate of drug-likeness (QED) is 0.700. The second kappa shape index (κ2) is 9.69. The van der Waals surface area contributed by atoms with Gasteiger partial charge in [-0.3, -0.25) is 4.79 Å². The van der Waals surface area contributed by atoms with Gasteiger partial charge in [0, 0.05) is 10.4 Å². The van der Waals surface area contributed by atoms with Crippen molar-refractivity contribution in [1.29, 1.82) is 0 Å². The third-order valence-electron chi connectivity index (χ3n) is 3.97. The van der Waals surface area contributed by atoms with E-state index in [0.29, 0.717) is 11.4 Å². The van der Waals surface area contributed by atoms with Gasteiger partial charge in [-0.25, -0.2) is 13.1 Å². The minimum Gasteiger partial charge on any atom is -0.348 e. The molecule has 2 rings (SSSR count). The van der Waals surface area contributed by atoms with Crippen molar-refractivity contribution in [3.05, 3.63) is 75.7 Å². The summed E-state index contributed by atoms with van der Waals surface area (Å²) in [5, 5.41) is 4.50. The first-order valence-corrected chi connectivity index (χ1v) is 10.5. The normalized spacial score (nSPS) is 12.9. The van der Waals surface area contributed by atoms with E-state index in [2.05, 4.69) is 10.0 Å². The van der Waals surface area contributed by atoms with Crippen molar-refractivity contribution in [3.8, 4) is 0 Å². The first-order valence-electron chi connectivity index (χ1n) is 8.58. The van der Waals surface area contributed by atoms with Crippen LogP contribution in [0, 0.1) is 6.92 Å². The molecule has 7 heteroatoms. The van der Waals surface area contributed by atoms with E-state index in [9.17, 15) is 13.2 Å². The van der Waals surface area contributed by atoms with Gasteiger partial charge in [0.2, 0.25) is 15.9 Å². The minimum absolute atomic E-state index is 0.206. The monoisotopic (exact) mass is 406 g/mol. The van der Waals surface area contributed by atoms with E-state index in [4.69, 9.17) is 11.6 Å². The molecule has 0 radical (unpaired) electrons. The van der Waals surface area contributed by atoms with Crippen LogP contribution in [0.3, 0.4) is 0 Å². The van der Waals surface area contributed by atoms with E-state index in [0.717, 1.165) is 22.1 Å². The maximum Gasteiger partial charge on any atom is 0.235 e. The van der Waals surface area contributed by atoms with Crippen molar-refractivity contribution >= 4 is 33.6 Å². The molecule has 0 heterocycles. The van der Waals surface area contributed by atoms with Crippen LogP contribution in [0.1, 0.15) is 36.1 Å². The molecule has 144 valence electrons. The van der Waals surface area contributed by atoms with Gasteiger partial charge in [-0.2, -0.15) is 0 Å². The molecule has 0 aromatic heterocycles. The van der Waals surface area contributed by atoms with Gasteiger partial charge in [0.15, 0.2) is 0 Å². The zero-order valence-electron chi connectivity index (χ0n) is 15.3. The molecule has 0 saturated heterocycles. The number of hydrogen-bond donors (Lipinski definition) is 2. The van der Waals surface area contributed by atoms with Crippen LogP contribution in [0.15, 0.2) is 53.9 Å². The summed E-state index contributed by atoms with van der Waals surface area (Å²) in [4.78, 5) is 12.1. The fourth-order valence-corrected chi connectivity index (χ4v) is 3.31. The maximum atomic E-state index is 12.1. The molecule has 0 aliphatic rings. The van der Waals surface area contributed by atoms with Gasteiger partial charge in [0.25, 0.3) is 0 Å². The van der Waals surface area contributed by atoms with Crippen LogP contribution < -0.4 is 10.0 Å².